The van der Waals surface area contributed by atoms with Crippen molar-refractivity contribution in [3.8, 4) is 5.75 Å². The molecule has 28 heavy (non-hydrogen) atoms. The first-order valence-corrected chi connectivity index (χ1v) is 10.3. The van der Waals surface area contributed by atoms with Crippen LogP contribution in [-0.2, 0) is 15.6 Å². The van der Waals surface area contributed by atoms with E-state index in [0.717, 1.165) is 43.1 Å². The lowest BCUT2D eigenvalue weighted by Gasteiger charge is -2.34. The lowest BCUT2D eigenvalue weighted by molar-refractivity contribution is -0.933. The number of ether oxygens (including phenoxy) is 1. The van der Waals surface area contributed by atoms with Gasteiger partial charge in [0, 0.05) is 22.9 Å². The Kier molecular flexibility index (Phi) is 5.83. The number of morpholine rings is 1. The fourth-order valence-electron chi connectivity index (χ4n) is 4.05. The van der Waals surface area contributed by atoms with Crippen molar-refractivity contribution in [2.45, 2.75) is 58.4 Å². The fraction of sp³-hybridized carbons (Fsp3) is 0.542. The average Bonchev–Trinajstić information content (AvgIpc) is 2.63. The van der Waals surface area contributed by atoms with Crippen molar-refractivity contribution in [3.05, 3.63) is 58.9 Å². The van der Waals surface area contributed by atoms with Crippen LogP contribution in [-0.4, -0.2) is 36.4 Å². The summed E-state index contributed by atoms with van der Waals surface area (Å²) in [6.45, 7) is 16.4. The Morgan fingerprint density at radius 2 is 1.54 bits per heavy atom. The number of aromatic nitrogens is 1. The minimum Gasteiger partial charge on any atom is -0.507 e. The molecule has 2 aromatic rings. The molecule has 1 aromatic carbocycles. The highest BCUT2D eigenvalue weighted by Gasteiger charge is 2.33. The Morgan fingerprint density at radius 3 is 2.00 bits per heavy atom. The van der Waals surface area contributed by atoms with Crippen LogP contribution in [0.4, 0.5) is 0 Å². The van der Waals surface area contributed by atoms with Crippen molar-refractivity contribution in [1.29, 1.82) is 0 Å². The summed E-state index contributed by atoms with van der Waals surface area (Å²) >= 11 is 0. The van der Waals surface area contributed by atoms with Crippen LogP contribution in [0.2, 0.25) is 0 Å². The van der Waals surface area contributed by atoms with Crippen molar-refractivity contribution < 1.29 is 14.7 Å². The number of hydrogen-bond acceptors (Lipinski definition) is 3. The van der Waals surface area contributed by atoms with E-state index in [9.17, 15) is 5.11 Å². The van der Waals surface area contributed by atoms with E-state index in [1.807, 2.05) is 12.3 Å². The summed E-state index contributed by atoms with van der Waals surface area (Å²) in [7, 11) is 0. The molecule has 0 bridgehead atoms. The van der Waals surface area contributed by atoms with E-state index < -0.39 is 0 Å². The number of phenolic OH excluding ortho intramolecular Hbond substituents is 1. The van der Waals surface area contributed by atoms with Crippen molar-refractivity contribution >= 4 is 0 Å². The number of quaternary nitrogens is 1. The van der Waals surface area contributed by atoms with Gasteiger partial charge < -0.3 is 14.7 Å². The largest absolute Gasteiger partial charge is 0.507 e. The van der Waals surface area contributed by atoms with E-state index in [2.05, 4.69) is 65.8 Å². The second kappa shape index (κ2) is 7.84. The molecule has 152 valence electrons. The summed E-state index contributed by atoms with van der Waals surface area (Å²) in [5.74, 6) is 0.431. The maximum atomic E-state index is 11.1. The van der Waals surface area contributed by atoms with Gasteiger partial charge in [-0.3, -0.25) is 4.98 Å². The van der Waals surface area contributed by atoms with Crippen LogP contribution >= 0.6 is 0 Å². The SMILES string of the molecule is CC(C)(C)c1cc([C@H](c2ccccn2)[NH+]2CCOCC2)cc(C(C)(C)C)c1O. The summed E-state index contributed by atoms with van der Waals surface area (Å²) in [5, 5.41) is 11.1. The van der Waals surface area contributed by atoms with Gasteiger partial charge in [-0.1, -0.05) is 47.6 Å². The standard InChI is InChI=1S/C24H34N2O2/c1-23(2,3)18-15-17(16-19(22(18)27)24(4,5)6)21(20-9-7-8-10-25-20)26-11-13-28-14-12-26/h7-10,15-16,21,27H,11-14H2,1-6H3/p+1/t21-/m1/s1. The first-order chi connectivity index (χ1) is 13.1. The maximum absolute atomic E-state index is 11.1. The second-order valence-electron chi connectivity index (χ2n) is 9.92. The molecular weight excluding hydrogens is 348 g/mol. The molecule has 0 saturated carbocycles. The first kappa shape index (κ1) is 20.8. The predicted molar refractivity (Wildman–Crippen MR) is 113 cm³/mol. The molecule has 0 unspecified atom stereocenters. The molecule has 2 N–H and O–H groups in total. The van der Waals surface area contributed by atoms with Crippen LogP contribution in [0.15, 0.2) is 36.5 Å². The van der Waals surface area contributed by atoms with E-state index in [0.29, 0.717) is 5.75 Å². The van der Waals surface area contributed by atoms with Crippen molar-refractivity contribution in [1.82, 2.24) is 4.98 Å². The van der Waals surface area contributed by atoms with Gasteiger partial charge in [0.15, 0.2) is 6.04 Å². The van der Waals surface area contributed by atoms with Crippen LogP contribution in [0.1, 0.15) is 70.0 Å². The number of nitrogens with one attached hydrogen (secondary N) is 1. The van der Waals surface area contributed by atoms with E-state index in [1.165, 1.54) is 10.5 Å². The van der Waals surface area contributed by atoms with E-state index in [-0.39, 0.29) is 16.9 Å². The van der Waals surface area contributed by atoms with Crippen molar-refractivity contribution in [2.24, 2.45) is 0 Å². The normalized spacial score (nSPS) is 17.5. The smallest absolute Gasteiger partial charge is 0.156 e. The molecule has 0 amide bonds. The zero-order valence-electron chi connectivity index (χ0n) is 18.2. The number of nitrogens with zero attached hydrogens (tertiary/aromatic N) is 1. The molecular formula is C24H35N2O2+. The molecule has 1 aromatic heterocycles. The maximum Gasteiger partial charge on any atom is 0.156 e. The monoisotopic (exact) mass is 383 g/mol. The Balaban J connectivity index is 2.21. The van der Waals surface area contributed by atoms with Gasteiger partial charge in [0.05, 0.1) is 13.2 Å². The molecule has 2 heterocycles. The molecule has 1 atom stereocenters. The molecule has 1 saturated heterocycles. The van der Waals surface area contributed by atoms with Crippen LogP contribution in [0.25, 0.3) is 0 Å². The zero-order chi connectivity index (χ0) is 20.5. The van der Waals surface area contributed by atoms with Gasteiger partial charge in [-0.05, 0) is 35.1 Å². The fourth-order valence-corrected chi connectivity index (χ4v) is 4.05. The van der Waals surface area contributed by atoms with Gasteiger partial charge in [-0.25, -0.2) is 0 Å². The number of hydrogen-bond donors (Lipinski definition) is 2. The van der Waals surface area contributed by atoms with Crippen molar-refractivity contribution in [2.75, 3.05) is 26.3 Å². The Hall–Kier alpha value is -1.91. The molecule has 1 fully saturated rings. The number of aromatic hydroxyl groups is 1. The second-order valence-corrected chi connectivity index (χ2v) is 9.92. The van der Waals surface area contributed by atoms with E-state index >= 15 is 0 Å². The highest BCUT2D eigenvalue weighted by molar-refractivity contribution is 5.51. The molecule has 1 aliphatic rings. The summed E-state index contributed by atoms with van der Waals surface area (Å²) in [5.41, 5.74) is 4.02. The van der Waals surface area contributed by atoms with Gasteiger partial charge in [0.1, 0.15) is 24.5 Å². The van der Waals surface area contributed by atoms with Gasteiger partial charge in [0.25, 0.3) is 0 Å². The molecule has 0 radical (unpaired) electrons. The zero-order valence-corrected chi connectivity index (χ0v) is 18.2. The quantitative estimate of drug-likeness (QED) is 0.854. The Labute approximate surface area is 169 Å². The van der Waals surface area contributed by atoms with E-state index in [4.69, 9.17) is 9.72 Å². The summed E-state index contributed by atoms with van der Waals surface area (Å²) < 4.78 is 5.62. The average molecular weight is 384 g/mol. The lowest BCUT2D eigenvalue weighted by atomic mass is 9.77. The van der Waals surface area contributed by atoms with Gasteiger partial charge in [-0.2, -0.15) is 0 Å². The molecule has 1 aliphatic heterocycles. The van der Waals surface area contributed by atoms with Crippen LogP contribution in [0, 0.1) is 0 Å². The first-order valence-electron chi connectivity index (χ1n) is 10.3. The summed E-state index contributed by atoms with van der Waals surface area (Å²) in [6.07, 6.45) is 1.87. The minimum atomic E-state index is -0.144. The molecule has 0 aliphatic carbocycles. The topological polar surface area (TPSA) is 46.8 Å². The molecule has 3 rings (SSSR count). The highest BCUT2D eigenvalue weighted by atomic mass is 16.5. The lowest BCUT2D eigenvalue weighted by Crippen LogP contribution is -3.14. The number of benzene rings is 1. The molecule has 4 heteroatoms. The third kappa shape index (κ3) is 4.39. The van der Waals surface area contributed by atoms with Gasteiger partial charge in [-0.15, -0.1) is 0 Å². The summed E-state index contributed by atoms with van der Waals surface area (Å²) in [6, 6.07) is 10.7. The number of pyridine rings is 1. The summed E-state index contributed by atoms with van der Waals surface area (Å²) in [4.78, 5) is 6.18. The van der Waals surface area contributed by atoms with Crippen LogP contribution in [0.3, 0.4) is 0 Å². The number of phenols is 1. The van der Waals surface area contributed by atoms with Crippen LogP contribution in [0.5, 0.6) is 5.75 Å². The Bertz CT molecular complexity index is 763. The molecule has 4 nitrogen and oxygen atoms in total. The van der Waals surface area contributed by atoms with Crippen molar-refractivity contribution in [3.63, 3.8) is 0 Å². The highest BCUT2D eigenvalue weighted by Crippen LogP contribution is 2.41. The third-order valence-corrected chi connectivity index (χ3v) is 5.61. The van der Waals surface area contributed by atoms with E-state index in [1.54, 1.807) is 0 Å². The van der Waals surface area contributed by atoms with Gasteiger partial charge >= 0.3 is 0 Å². The predicted octanol–water partition coefficient (Wildman–Crippen LogP) is 3.39. The third-order valence-electron chi connectivity index (χ3n) is 5.61. The Morgan fingerprint density at radius 1 is 0.964 bits per heavy atom. The minimum absolute atomic E-state index is 0.132. The number of rotatable bonds is 3. The van der Waals surface area contributed by atoms with Gasteiger partial charge in [0.2, 0.25) is 0 Å². The van der Waals surface area contributed by atoms with Crippen LogP contribution < -0.4 is 4.90 Å². The molecule has 0 spiro atoms.